The maximum absolute atomic E-state index is 12.6. The Hall–Kier alpha value is -1.97. The van der Waals surface area contributed by atoms with Gasteiger partial charge in [0.15, 0.2) is 22.8 Å². The van der Waals surface area contributed by atoms with Crippen LogP contribution in [0.1, 0.15) is 39.3 Å². The van der Waals surface area contributed by atoms with Crippen molar-refractivity contribution in [3.05, 3.63) is 12.7 Å². The number of phosphoric ester groups is 3. The van der Waals surface area contributed by atoms with Crippen LogP contribution in [0.15, 0.2) is 12.7 Å². The molecule has 1 aliphatic heterocycles. The molecule has 11 N–H and O–H groups in total. The van der Waals surface area contributed by atoms with Crippen molar-refractivity contribution in [2.45, 2.75) is 63.8 Å². The number of rotatable bonds is 22. The molecule has 7 unspecified atom stereocenters. The number of hydrogen-bond acceptors (Lipinski definition) is 19. The Morgan fingerprint density at radius 2 is 1.68 bits per heavy atom. The van der Waals surface area contributed by atoms with Crippen LogP contribution < -0.4 is 16.4 Å². The topological polar surface area (TPSA) is 401 Å². The summed E-state index contributed by atoms with van der Waals surface area (Å²) in [6.45, 7) is 0.213. The Labute approximate surface area is 343 Å². The van der Waals surface area contributed by atoms with E-state index in [1.165, 1.54) is 13.8 Å². The zero-order valence-corrected chi connectivity index (χ0v) is 35.3. The summed E-state index contributed by atoms with van der Waals surface area (Å²) < 4.78 is 61.9. The number of imidazole rings is 1. The van der Waals surface area contributed by atoms with E-state index < -0.39 is 90.5 Å². The van der Waals surface area contributed by atoms with Crippen molar-refractivity contribution < 1.29 is 90.4 Å². The second kappa shape index (κ2) is 21.3. The minimum Gasteiger partial charge on any atom is -0.481 e. The molecule has 1 radical (unpaired) electrons. The van der Waals surface area contributed by atoms with Crippen LogP contribution in [0.4, 0.5) is 5.82 Å². The van der Waals surface area contributed by atoms with Crippen LogP contribution in [0.5, 0.6) is 0 Å². The standard InChI is InChI=1S/C25H40N7O19P3S.Na/c1-25(2,20(38)23(39)28-6-5-14(33)27-7-8-55-16(36)4-3-15(34)35)10-48-54(45,46)51-53(43,44)47-9-13-19(50-52(40,41)42)18(37)24(49-13)32-12-31-17-21(26)29-11-30-22(17)32;/h11-13,18-20,24,37-38H,3-10H2,1-2H3,(H,27,33)(H,28,39)(H,34,35)(H,43,44)(H,45,46)(H2,26,29,30)(H2,40,41,42);. The number of amides is 2. The van der Waals surface area contributed by atoms with E-state index in [1.54, 1.807) is 0 Å². The molecule has 0 bridgehead atoms. The predicted octanol–water partition coefficient (Wildman–Crippen LogP) is -1.85. The van der Waals surface area contributed by atoms with Gasteiger partial charge in [0, 0.05) is 66.7 Å². The quantitative estimate of drug-likeness (QED) is 0.0352. The van der Waals surface area contributed by atoms with Gasteiger partial charge >= 0.3 is 29.4 Å². The van der Waals surface area contributed by atoms with Crippen LogP contribution in [0.2, 0.25) is 0 Å². The largest absolute Gasteiger partial charge is 0.481 e. The molecule has 311 valence electrons. The van der Waals surface area contributed by atoms with Crippen LogP contribution in [0.3, 0.4) is 0 Å². The molecule has 1 aliphatic rings. The van der Waals surface area contributed by atoms with Gasteiger partial charge in [0.05, 0.1) is 26.0 Å². The van der Waals surface area contributed by atoms with Gasteiger partial charge < -0.3 is 56.0 Å². The van der Waals surface area contributed by atoms with Crippen LogP contribution >= 0.6 is 35.2 Å². The van der Waals surface area contributed by atoms with E-state index in [9.17, 15) is 62.7 Å². The Morgan fingerprint density at radius 3 is 2.32 bits per heavy atom. The molecule has 0 saturated carbocycles. The maximum Gasteiger partial charge on any atom is 0.481 e. The molecule has 0 aromatic carbocycles. The molecule has 2 aromatic heterocycles. The Bertz CT molecular complexity index is 1850. The molecule has 1 fully saturated rings. The number of carbonyl (C=O) groups excluding carboxylic acids is 3. The molecule has 2 aromatic rings. The van der Waals surface area contributed by atoms with E-state index in [1.807, 2.05) is 0 Å². The molecular formula is C25H40N7NaO19P3S. The number of carbonyl (C=O) groups is 4. The number of phosphoric acid groups is 3. The average molecular weight is 891 g/mol. The first-order chi connectivity index (χ1) is 25.4. The third-order valence-corrected chi connectivity index (χ3v) is 11.3. The number of aliphatic hydroxyl groups is 2. The summed E-state index contributed by atoms with van der Waals surface area (Å²) in [5, 5.41) is 34.4. The zero-order chi connectivity index (χ0) is 41.4. The van der Waals surface area contributed by atoms with Gasteiger partial charge in [-0.1, -0.05) is 25.6 Å². The minimum absolute atomic E-state index is 0. The van der Waals surface area contributed by atoms with Crippen molar-refractivity contribution in [2.24, 2.45) is 5.41 Å². The first-order valence-corrected chi connectivity index (χ1v) is 21.2. The molecule has 3 heterocycles. The van der Waals surface area contributed by atoms with E-state index in [0.717, 1.165) is 29.0 Å². The van der Waals surface area contributed by atoms with Crippen molar-refractivity contribution in [3.8, 4) is 0 Å². The maximum atomic E-state index is 12.6. The van der Waals surface area contributed by atoms with Gasteiger partial charge in [-0.25, -0.2) is 28.6 Å². The van der Waals surface area contributed by atoms with Crippen LogP contribution in [0.25, 0.3) is 11.2 Å². The number of aliphatic carboxylic acids is 1. The van der Waals surface area contributed by atoms with Gasteiger partial charge in [0.1, 0.15) is 36.3 Å². The van der Waals surface area contributed by atoms with Gasteiger partial charge in [-0.05, 0) is 0 Å². The number of carboxylic acid groups (broad SMARTS) is 1. The molecule has 1 saturated heterocycles. The van der Waals surface area contributed by atoms with Gasteiger partial charge in [0.25, 0.3) is 0 Å². The number of fused-ring (bicyclic) bond motifs is 1. The molecule has 56 heavy (non-hydrogen) atoms. The van der Waals surface area contributed by atoms with E-state index in [4.69, 9.17) is 24.6 Å². The first-order valence-electron chi connectivity index (χ1n) is 15.7. The number of aromatic nitrogens is 4. The number of nitrogens with one attached hydrogen (secondary N) is 2. The molecule has 2 amide bonds. The molecule has 26 nitrogen and oxygen atoms in total. The van der Waals surface area contributed by atoms with Crippen LogP contribution in [-0.2, 0) is 55.5 Å². The number of nitrogens with two attached hydrogens (primary N) is 1. The van der Waals surface area contributed by atoms with Crippen molar-refractivity contribution in [1.82, 2.24) is 30.2 Å². The summed E-state index contributed by atoms with van der Waals surface area (Å²) in [5.74, 6) is -2.51. The number of ether oxygens (including phenoxy) is 1. The summed E-state index contributed by atoms with van der Waals surface area (Å²) in [7, 11) is -16.4. The normalized spacial score (nSPS) is 21.4. The van der Waals surface area contributed by atoms with E-state index in [0.29, 0.717) is 0 Å². The fraction of sp³-hybridized carbons (Fsp3) is 0.640. The van der Waals surface area contributed by atoms with E-state index in [-0.39, 0.29) is 89.8 Å². The third-order valence-electron chi connectivity index (χ3n) is 7.31. The van der Waals surface area contributed by atoms with E-state index in [2.05, 4.69) is 34.4 Å². The number of anilines is 1. The summed E-state index contributed by atoms with van der Waals surface area (Å²) in [5.41, 5.74) is 4.20. The van der Waals surface area contributed by atoms with Crippen LogP contribution in [-0.4, -0.2) is 163 Å². The number of hydrogen-bond donors (Lipinski definition) is 10. The smallest absolute Gasteiger partial charge is 0.481 e. The minimum atomic E-state index is -5.59. The summed E-state index contributed by atoms with van der Waals surface area (Å²) in [6, 6.07) is 0. The molecule has 0 spiro atoms. The predicted molar refractivity (Wildman–Crippen MR) is 190 cm³/mol. The number of nitrogens with zero attached hydrogens (tertiary/aromatic N) is 4. The monoisotopic (exact) mass is 890 g/mol. The third kappa shape index (κ3) is 15.7. The molecule has 0 aliphatic carbocycles. The van der Waals surface area contributed by atoms with Crippen molar-refractivity contribution in [1.29, 1.82) is 0 Å². The van der Waals surface area contributed by atoms with E-state index >= 15 is 0 Å². The Kier molecular flexibility index (Phi) is 19.1. The SMILES string of the molecule is CC(C)(COP(=O)(O)OP(=O)(O)OCC1OC(n2cnc3c(N)ncnc32)C(O)C1OP(=O)(O)O)C(O)C(=O)NCCC(=O)NCCSC(=O)CCC(=O)O.[Na]. The van der Waals surface area contributed by atoms with Gasteiger partial charge in [-0.2, -0.15) is 4.31 Å². The molecular weight excluding hydrogens is 850 g/mol. The number of thioether (sulfide) groups is 1. The summed E-state index contributed by atoms with van der Waals surface area (Å²) in [6.07, 6.45) is -7.55. The first kappa shape index (κ1) is 50.2. The van der Waals surface area contributed by atoms with Crippen molar-refractivity contribution >= 4 is 105 Å². The number of nitrogen functional groups attached to an aromatic ring is 1. The van der Waals surface area contributed by atoms with Gasteiger partial charge in [-0.15, -0.1) is 0 Å². The second-order valence-corrected chi connectivity index (χ2v) is 17.6. The summed E-state index contributed by atoms with van der Waals surface area (Å²) in [4.78, 5) is 97.3. The van der Waals surface area contributed by atoms with Gasteiger partial charge in [-0.3, -0.25) is 37.3 Å². The second-order valence-electron chi connectivity index (χ2n) is 12.2. The molecule has 3 rings (SSSR count). The zero-order valence-electron chi connectivity index (χ0n) is 29.8. The molecule has 31 heteroatoms. The number of carboxylic acids is 1. The van der Waals surface area contributed by atoms with Crippen LogP contribution in [0, 0.1) is 5.41 Å². The Balaban J connectivity index is 0.0000108. The van der Waals surface area contributed by atoms with Crippen molar-refractivity contribution in [3.63, 3.8) is 0 Å². The number of aliphatic hydroxyl groups excluding tert-OH is 2. The Morgan fingerprint density at radius 1 is 1.02 bits per heavy atom. The fourth-order valence-electron chi connectivity index (χ4n) is 4.58. The van der Waals surface area contributed by atoms with Crippen molar-refractivity contribution in [2.75, 3.05) is 37.8 Å². The van der Waals surface area contributed by atoms with Gasteiger partial charge in [0.2, 0.25) is 11.8 Å². The average Bonchev–Trinajstić information content (AvgIpc) is 3.63. The fourth-order valence-corrected chi connectivity index (χ4v) is 8.08. The molecule has 7 atom stereocenters. The summed E-state index contributed by atoms with van der Waals surface area (Å²) >= 11 is 0.849.